The molecular formula is C10H19N5O. The van der Waals surface area contributed by atoms with Crippen LogP contribution >= 0.6 is 0 Å². The molecule has 0 bridgehead atoms. The first kappa shape index (κ1) is 11.3. The van der Waals surface area contributed by atoms with E-state index in [1.807, 2.05) is 0 Å². The van der Waals surface area contributed by atoms with E-state index in [2.05, 4.69) is 27.0 Å². The lowest BCUT2D eigenvalue weighted by Gasteiger charge is -2.31. The molecule has 0 unspecified atom stereocenters. The summed E-state index contributed by atoms with van der Waals surface area (Å²) in [6.45, 7) is 4.68. The molecule has 2 N–H and O–H groups in total. The maximum absolute atomic E-state index is 5.44. The van der Waals surface area contributed by atoms with Gasteiger partial charge in [-0.2, -0.15) is 4.98 Å². The number of nitrogens with zero attached hydrogens (tertiary/aromatic N) is 4. The minimum absolute atomic E-state index is 0.659. The van der Waals surface area contributed by atoms with Crippen LogP contribution in [0.2, 0.25) is 0 Å². The van der Waals surface area contributed by atoms with Crippen molar-refractivity contribution in [1.82, 2.24) is 15.0 Å². The van der Waals surface area contributed by atoms with E-state index in [0.29, 0.717) is 12.4 Å². The largest absolute Gasteiger partial charge is 0.337 e. The van der Waals surface area contributed by atoms with Gasteiger partial charge in [0, 0.05) is 32.6 Å². The summed E-state index contributed by atoms with van der Waals surface area (Å²) >= 11 is 0. The van der Waals surface area contributed by atoms with E-state index in [1.165, 1.54) is 0 Å². The third-order valence-electron chi connectivity index (χ3n) is 2.84. The lowest BCUT2D eigenvalue weighted by Crippen LogP contribution is -2.44. The smallest absolute Gasteiger partial charge is 0.266 e. The zero-order chi connectivity index (χ0) is 11.4. The van der Waals surface area contributed by atoms with Gasteiger partial charge >= 0.3 is 0 Å². The molecule has 2 rings (SSSR count). The SMILES string of the molecule is CN1CCN(c2noc(CCCN)n2)CC1. The maximum Gasteiger partial charge on any atom is 0.266 e. The fourth-order valence-corrected chi connectivity index (χ4v) is 1.74. The minimum Gasteiger partial charge on any atom is -0.337 e. The van der Waals surface area contributed by atoms with E-state index in [4.69, 9.17) is 10.3 Å². The van der Waals surface area contributed by atoms with Gasteiger partial charge in [0.2, 0.25) is 5.89 Å². The van der Waals surface area contributed by atoms with Gasteiger partial charge in [0.15, 0.2) is 0 Å². The number of aryl methyl sites for hydroxylation is 1. The molecule has 0 saturated carbocycles. The predicted octanol–water partition coefficient (Wildman–Crippen LogP) is -0.287. The number of nitrogens with two attached hydrogens (primary N) is 1. The van der Waals surface area contributed by atoms with E-state index in [9.17, 15) is 0 Å². The number of anilines is 1. The molecule has 90 valence electrons. The van der Waals surface area contributed by atoms with E-state index >= 15 is 0 Å². The molecular weight excluding hydrogens is 206 g/mol. The number of hydrogen-bond donors (Lipinski definition) is 1. The molecule has 1 fully saturated rings. The van der Waals surface area contributed by atoms with Crippen molar-refractivity contribution in [3.63, 3.8) is 0 Å². The van der Waals surface area contributed by atoms with Gasteiger partial charge in [-0.15, -0.1) is 0 Å². The summed E-state index contributed by atoms with van der Waals surface area (Å²) in [4.78, 5) is 8.83. The molecule has 16 heavy (non-hydrogen) atoms. The van der Waals surface area contributed by atoms with E-state index in [1.54, 1.807) is 0 Å². The summed E-state index contributed by atoms with van der Waals surface area (Å²) in [5, 5.41) is 4.00. The molecule has 1 aliphatic heterocycles. The summed E-state index contributed by atoms with van der Waals surface area (Å²) in [6, 6.07) is 0. The van der Waals surface area contributed by atoms with Crippen molar-refractivity contribution in [2.24, 2.45) is 5.73 Å². The van der Waals surface area contributed by atoms with Crippen LogP contribution in [0.4, 0.5) is 5.95 Å². The van der Waals surface area contributed by atoms with Gasteiger partial charge in [-0.05, 0) is 25.2 Å². The Labute approximate surface area is 95.4 Å². The third-order valence-corrected chi connectivity index (χ3v) is 2.84. The van der Waals surface area contributed by atoms with Crippen LogP contribution in [0.3, 0.4) is 0 Å². The van der Waals surface area contributed by atoms with E-state index in [-0.39, 0.29) is 0 Å². The molecule has 1 aromatic heterocycles. The highest BCUT2D eigenvalue weighted by Gasteiger charge is 2.18. The van der Waals surface area contributed by atoms with Gasteiger partial charge < -0.3 is 20.1 Å². The molecule has 0 aliphatic carbocycles. The van der Waals surface area contributed by atoms with Crippen molar-refractivity contribution in [3.05, 3.63) is 5.89 Å². The highest BCUT2D eigenvalue weighted by atomic mass is 16.5. The molecule has 6 heteroatoms. The molecule has 2 heterocycles. The first-order valence-corrected chi connectivity index (χ1v) is 5.76. The molecule has 0 amide bonds. The fraction of sp³-hybridized carbons (Fsp3) is 0.800. The number of piperazine rings is 1. The monoisotopic (exact) mass is 225 g/mol. The van der Waals surface area contributed by atoms with Crippen LogP contribution in [0.15, 0.2) is 4.52 Å². The third kappa shape index (κ3) is 2.70. The van der Waals surface area contributed by atoms with Crippen LogP contribution in [0.5, 0.6) is 0 Å². The lowest BCUT2D eigenvalue weighted by molar-refractivity contribution is 0.308. The maximum atomic E-state index is 5.44. The summed E-state index contributed by atoms with van der Waals surface area (Å²) < 4.78 is 5.17. The summed E-state index contributed by atoms with van der Waals surface area (Å²) in [5.41, 5.74) is 5.44. The average Bonchev–Trinajstić information content (AvgIpc) is 2.76. The van der Waals surface area contributed by atoms with E-state index in [0.717, 1.165) is 45.0 Å². The first-order chi connectivity index (χ1) is 7.79. The Morgan fingerprint density at radius 2 is 2.06 bits per heavy atom. The Morgan fingerprint density at radius 1 is 1.31 bits per heavy atom. The van der Waals surface area contributed by atoms with Crippen molar-refractivity contribution in [3.8, 4) is 0 Å². The normalized spacial score (nSPS) is 18.0. The standard InChI is InChI=1S/C10H19N5O/c1-14-5-7-15(8-6-14)10-12-9(16-13-10)3-2-4-11/h2-8,11H2,1H3. The second kappa shape index (κ2) is 5.27. The molecule has 0 spiro atoms. The molecule has 1 aromatic rings. The van der Waals surface area contributed by atoms with Crippen molar-refractivity contribution >= 4 is 5.95 Å². The predicted molar refractivity (Wildman–Crippen MR) is 61.4 cm³/mol. The fourth-order valence-electron chi connectivity index (χ4n) is 1.74. The number of rotatable bonds is 4. The quantitative estimate of drug-likeness (QED) is 0.759. The van der Waals surface area contributed by atoms with E-state index < -0.39 is 0 Å². The van der Waals surface area contributed by atoms with Gasteiger partial charge in [-0.3, -0.25) is 0 Å². The highest BCUT2D eigenvalue weighted by molar-refractivity contribution is 5.28. The number of hydrogen-bond acceptors (Lipinski definition) is 6. The van der Waals surface area contributed by atoms with Gasteiger partial charge in [0.1, 0.15) is 0 Å². The van der Waals surface area contributed by atoms with Crippen molar-refractivity contribution < 1.29 is 4.52 Å². The Morgan fingerprint density at radius 3 is 2.75 bits per heavy atom. The van der Waals surface area contributed by atoms with Crippen molar-refractivity contribution in [2.75, 3.05) is 44.7 Å². The Bertz CT molecular complexity index is 319. The van der Waals surface area contributed by atoms with Gasteiger partial charge in [-0.1, -0.05) is 0 Å². The molecule has 0 atom stereocenters. The summed E-state index contributed by atoms with van der Waals surface area (Å²) in [6.07, 6.45) is 1.67. The molecule has 1 saturated heterocycles. The first-order valence-electron chi connectivity index (χ1n) is 5.76. The highest BCUT2D eigenvalue weighted by Crippen LogP contribution is 2.12. The average molecular weight is 225 g/mol. The summed E-state index contributed by atoms with van der Waals surface area (Å²) in [5.74, 6) is 1.42. The summed E-state index contributed by atoms with van der Waals surface area (Å²) in [7, 11) is 2.13. The lowest BCUT2D eigenvalue weighted by atomic mass is 10.3. The van der Waals surface area contributed by atoms with Crippen LogP contribution in [0, 0.1) is 0 Å². The van der Waals surface area contributed by atoms with Crippen LogP contribution in [-0.4, -0.2) is 54.8 Å². The molecule has 0 aromatic carbocycles. The molecule has 1 aliphatic rings. The van der Waals surface area contributed by atoms with Gasteiger partial charge in [0.25, 0.3) is 5.95 Å². The number of likely N-dealkylation sites (N-methyl/N-ethyl adjacent to an activating group) is 1. The van der Waals surface area contributed by atoms with Crippen molar-refractivity contribution in [1.29, 1.82) is 0 Å². The minimum atomic E-state index is 0.659. The number of aromatic nitrogens is 2. The molecule has 0 radical (unpaired) electrons. The topological polar surface area (TPSA) is 71.4 Å². The second-order valence-corrected chi connectivity index (χ2v) is 4.17. The molecule has 6 nitrogen and oxygen atoms in total. The van der Waals surface area contributed by atoms with Gasteiger partial charge in [-0.25, -0.2) is 0 Å². The zero-order valence-electron chi connectivity index (χ0n) is 9.72. The Hall–Kier alpha value is -1.14. The Balaban J connectivity index is 1.91. The van der Waals surface area contributed by atoms with Crippen LogP contribution in [0.1, 0.15) is 12.3 Å². The van der Waals surface area contributed by atoms with Crippen LogP contribution in [0.25, 0.3) is 0 Å². The van der Waals surface area contributed by atoms with Crippen LogP contribution in [-0.2, 0) is 6.42 Å². The second-order valence-electron chi connectivity index (χ2n) is 4.17. The zero-order valence-corrected chi connectivity index (χ0v) is 9.72. The van der Waals surface area contributed by atoms with Crippen LogP contribution < -0.4 is 10.6 Å². The van der Waals surface area contributed by atoms with Gasteiger partial charge in [0.05, 0.1) is 0 Å². The van der Waals surface area contributed by atoms with Crippen molar-refractivity contribution in [2.45, 2.75) is 12.8 Å². The Kier molecular flexibility index (Phi) is 3.74.